The number of nitrogens with two attached hydrogens (primary N) is 1. The fourth-order valence-corrected chi connectivity index (χ4v) is 5.80. The number of aromatic nitrogens is 1. The second-order valence-corrected chi connectivity index (χ2v) is 10.2. The first-order valence-corrected chi connectivity index (χ1v) is 13.0. The van der Waals surface area contributed by atoms with Crippen molar-refractivity contribution in [3.05, 3.63) is 64.8 Å². The molecule has 1 aliphatic heterocycles. The predicted molar refractivity (Wildman–Crippen MR) is 139 cm³/mol. The third kappa shape index (κ3) is 6.11. The number of hydrogen-bond acceptors (Lipinski definition) is 8. The third-order valence-electron chi connectivity index (χ3n) is 7.78. The van der Waals surface area contributed by atoms with Crippen LogP contribution in [-0.4, -0.2) is 40.9 Å². The number of benzene rings is 2. The molecule has 1 saturated heterocycles. The Morgan fingerprint density at radius 1 is 1.10 bits per heavy atom. The summed E-state index contributed by atoms with van der Waals surface area (Å²) < 4.78 is 47.2. The lowest BCUT2D eigenvalue weighted by Crippen LogP contribution is -2.63. The number of oxazole rings is 1. The zero-order valence-corrected chi connectivity index (χ0v) is 21.2. The van der Waals surface area contributed by atoms with Crippen molar-refractivity contribution in [1.82, 2.24) is 4.98 Å². The Balaban J connectivity index is 1.28. The average molecular weight is 546 g/mol. The Kier molecular flexibility index (Phi) is 7.39. The first-order valence-electron chi connectivity index (χ1n) is 13.0. The van der Waals surface area contributed by atoms with Gasteiger partial charge in [-0.25, -0.2) is 4.98 Å². The highest BCUT2D eigenvalue weighted by Gasteiger charge is 2.45. The normalized spacial score (nSPS) is 23.8. The lowest BCUT2D eigenvalue weighted by Gasteiger charge is -2.50. The Morgan fingerprint density at radius 3 is 2.54 bits per heavy atom. The molecule has 0 radical (unpaired) electrons. The minimum Gasteiger partial charge on any atom is -0.424 e. The van der Waals surface area contributed by atoms with E-state index >= 15 is 0 Å². The van der Waals surface area contributed by atoms with E-state index in [1.807, 2.05) is 0 Å². The topological polar surface area (TPSA) is 120 Å². The first-order chi connectivity index (χ1) is 18.6. The highest BCUT2D eigenvalue weighted by atomic mass is 19.4. The van der Waals surface area contributed by atoms with Gasteiger partial charge in [-0.2, -0.15) is 0 Å². The minimum atomic E-state index is -4.75. The van der Waals surface area contributed by atoms with E-state index in [0.29, 0.717) is 17.3 Å². The molecular weight excluding hydrogens is 515 g/mol. The Bertz CT molecular complexity index is 1280. The molecule has 5 rings (SSSR count). The molecule has 1 aliphatic carbocycles. The molecule has 9 nitrogen and oxygen atoms in total. The van der Waals surface area contributed by atoms with E-state index in [4.69, 9.17) is 10.2 Å². The van der Waals surface area contributed by atoms with E-state index in [9.17, 15) is 23.3 Å². The van der Waals surface area contributed by atoms with Crippen LogP contribution in [0.15, 0.2) is 59.1 Å². The number of halogens is 3. The van der Waals surface area contributed by atoms with E-state index in [0.717, 1.165) is 57.3 Å². The summed E-state index contributed by atoms with van der Waals surface area (Å²) in [6.07, 6.45) is 2.45. The highest BCUT2D eigenvalue weighted by Crippen LogP contribution is 2.40. The second-order valence-electron chi connectivity index (χ2n) is 10.2. The maximum atomic E-state index is 12.4. The minimum absolute atomic E-state index is 0.0649. The van der Waals surface area contributed by atoms with E-state index in [2.05, 4.69) is 19.9 Å². The van der Waals surface area contributed by atoms with Gasteiger partial charge in [-0.1, -0.05) is 12.8 Å². The van der Waals surface area contributed by atoms with Crippen LogP contribution >= 0.6 is 0 Å². The molecule has 0 bridgehead atoms. The number of hydrogen-bond donors (Lipinski definition) is 2. The number of nitro groups is 1. The van der Waals surface area contributed by atoms with E-state index < -0.39 is 16.8 Å². The molecule has 208 valence electrons. The average Bonchev–Trinajstić information content (AvgIpc) is 3.38. The number of anilines is 2. The largest absolute Gasteiger partial charge is 0.573 e. The molecule has 2 heterocycles. The number of nitrogens with zero attached hydrogens (tertiary/aromatic N) is 3. The number of non-ortho nitro benzene ring substituents is 1. The molecule has 0 amide bonds. The molecule has 3 N–H and O–H groups in total. The molecule has 3 aromatic rings. The van der Waals surface area contributed by atoms with Gasteiger partial charge in [-0.05, 0) is 68.0 Å². The van der Waals surface area contributed by atoms with Crippen LogP contribution in [0.25, 0.3) is 11.3 Å². The SMILES string of the molecule is NC1(C2CCCN(c3ccc([N+](=O)[O-])cc3)C2)CCCCC1Nc1ncc(-c2ccc(OC(F)(F)F)cc2)o1. The van der Waals surface area contributed by atoms with Crippen LogP contribution in [0.1, 0.15) is 38.5 Å². The van der Waals surface area contributed by atoms with Crippen molar-refractivity contribution in [3.63, 3.8) is 0 Å². The highest BCUT2D eigenvalue weighted by molar-refractivity contribution is 5.58. The van der Waals surface area contributed by atoms with Crippen molar-refractivity contribution in [2.45, 2.75) is 56.5 Å². The summed E-state index contributed by atoms with van der Waals surface area (Å²) in [5, 5.41) is 14.4. The lowest BCUT2D eigenvalue weighted by atomic mass is 9.67. The van der Waals surface area contributed by atoms with Crippen molar-refractivity contribution in [2.75, 3.05) is 23.3 Å². The summed E-state index contributed by atoms with van der Waals surface area (Å²) in [6.45, 7) is 1.61. The van der Waals surface area contributed by atoms with Crippen LogP contribution in [0.4, 0.5) is 30.6 Å². The monoisotopic (exact) mass is 545 g/mol. The summed E-state index contributed by atoms with van der Waals surface area (Å²) in [6, 6.07) is 12.3. The van der Waals surface area contributed by atoms with Crippen molar-refractivity contribution in [3.8, 4) is 17.1 Å². The molecule has 39 heavy (non-hydrogen) atoms. The lowest BCUT2D eigenvalue weighted by molar-refractivity contribution is -0.384. The van der Waals surface area contributed by atoms with Gasteiger partial charge in [0.15, 0.2) is 5.76 Å². The van der Waals surface area contributed by atoms with Crippen molar-refractivity contribution >= 4 is 17.4 Å². The van der Waals surface area contributed by atoms with Gasteiger partial charge >= 0.3 is 6.36 Å². The van der Waals surface area contributed by atoms with Crippen LogP contribution in [0.3, 0.4) is 0 Å². The summed E-state index contributed by atoms with van der Waals surface area (Å²) in [4.78, 5) is 17.2. The maximum Gasteiger partial charge on any atom is 0.573 e. The van der Waals surface area contributed by atoms with E-state index in [1.165, 1.54) is 42.6 Å². The summed E-state index contributed by atoms with van der Waals surface area (Å²) in [7, 11) is 0. The van der Waals surface area contributed by atoms with Crippen LogP contribution < -0.4 is 20.7 Å². The maximum absolute atomic E-state index is 12.4. The quantitative estimate of drug-likeness (QED) is 0.269. The molecule has 3 unspecified atom stereocenters. The Morgan fingerprint density at radius 2 is 1.85 bits per heavy atom. The standard InChI is InChI=1S/C27H30F3N5O4/c28-27(29,30)39-22-12-6-18(7-13-22)23-16-32-25(38-23)33-24-5-1-2-14-26(24,31)19-4-3-15-34(17-19)20-8-10-21(11-9-20)35(36)37/h6-13,16,19,24H,1-5,14-15,17,31H2,(H,32,33). The number of piperidine rings is 1. The van der Waals surface area contributed by atoms with E-state index in [1.54, 1.807) is 12.1 Å². The molecule has 0 spiro atoms. The molecule has 3 atom stereocenters. The fourth-order valence-electron chi connectivity index (χ4n) is 5.80. The van der Waals surface area contributed by atoms with Gasteiger partial charge in [-0.3, -0.25) is 10.1 Å². The molecular formula is C27H30F3N5O4. The van der Waals surface area contributed by atoms with E-state index in [-0.39, 0.29) is 23.4 Å². The smallest absolute Gasteiger partial charge is 0.424 e. The molecule has 12 heteroatoms. The van der Waals surface area contributed by atoms with Crippen LogP contribution in [0.2, 0.25) is 0 Å². The van der Waals surface area contributed by atoms with Crippen molar-refractivity contribution in [1.29, 1.82) is 0 Å². The van der Waals surface area contributed by atoms with Gasteiger partial charge in [0, 0.05) is 48.1 Å². The van der Waals surface area contributed by atoms with Crippen molar-refractivity contribution < 1.29 is 27.2 Å². The van der Waals surface area contributed by atoms with Gasteiger partial charge < -0.3 is 25.1 Å². The van der Waals surface area contributed by atoms with Crippen LogP contribution in [0.5, 0.6) is 5.75 Å². The zero-order chi connectivity index (χ0) is 27.6. The molecule has 1 aromatic heterocycles. The summed E-state index contributed by atoms with van der Waals surface area (Å²) in [5.41, 5.74) is 8.23. The fraction of sp³-hybridized carbons (Fsp3) is 0.444. The van der Waals surface area contributed by atoms with Gasteiger partial charge in [0.05, 0.1) is 11.1 Å². The number of alkyl halides is 3. The summed E-state index contributed by atoms with van der Waals surface area (Å²) in [5.74, 6) is 0.292. The molecule has 2 aromatic carbocycles. The molecule has 2 aliphatic rings. The predicted octanol–water partition coefficient (Wildman–Crippen LogP) is 6.12. The Hall–Kier alpha value is -3.80. The van der Waals surface area contributed by atoms with Gasteiger partial charge in [0.2, 0.25) is 0 Å². The van der Waals surface area contributed by atoms with Crippen molar-refractivity contribution in [2.24, 2.45) is 11.7 Å². The number of ether oxygens (including phenoxy) is 1. The van der Waals surface area contributed by atoms with Gasteiger partial charge in [-0.15, -0.1) is 13.2 Å². The van der Waals surface area contributed by atoms with Gasteiger partial charge in [0.25, 0.3) is 11.7 Å². The van der Waals surface area contributed by atoms with Crippen LogP contribution in [0, 0.1) is 16.0 Å². The number of nitrogens with one attached hydrogen (secondary N) is 1. The Labute approximate surface area is 223 Å². The number of rotatable bonds is 7. The molecule has 1 saturated carbocycles. The molecule has 2 fully saturated rings. The zero-order valence-electron chi connectivity index (χ0n) is 21.2. The first kappa shape index (κ1) is 26.8. The number of nitro benzene ring substituents is 1. The van der Waals surface area contributed by atoms with Gasteiger partial charge in [0.1, 0.15) is 5.75 Å². The third-order valence-corrected chi connectivity index (χ3v) is 7.78. The van der Waals surface area contributed by atoms with Crippen LogP contribution in [-0.2, 0) is 0 Å². The summed E-state index contributed by atoms with van der Waals surface area (Å²) >= 11 is 0. The second kappa shape index (κ2) is 10.8.